The molecule has 0 unspecified atom stereocenters. The van der Waals surface area contributed by atoms with Gasteiger partial charge in [-0.15, -0.1) is 0 Å². The van der Waals surface area contributed by atoms with Crippen LogP contribution in [0, 0.1) is 0 Å². The quantitative estimate of drug-likeness (QED) is 0.746. The van der Waals surface area contributed by atoms with E-state index in [1.54, 1.807) is 7.11 Å². The Morgan fingerprint density at radius 2 is 2.05 bits per heavy atom. The standard InChI is InChI=1S/C17H20O2/c1-5-17(18)16-10-14(19-4)6-7-15(16)13-8-11(2)12(3)9-13/h6-8,10H,5,9H2,1-4H3. The van der Waals surface area contributed by atoms with Crippen molar-refractivity contribution in [3.63, 3.8) is 0 Å². The highest BCUT2D eigenvalue weighted by molar-refractivity contribution is 6.01. The van der Waals surface area contributed by atoms with Crippen LogP contribution in [0.2, 0.25) is 0 Å². The number of rotatable bonds is 4. The molecule has 2 heteroatoms. The van der Waals surface area contributed by atoms with E-state index in [1.165, 1.54) is 16.7 Å². The van der Waals surface area contributed by atoms with Gasteiger partial charge in [0.25, 0.3) is 0 Å². The topological polar surface area (TPSA) is 26.3 Å². The number of allylic oxidation sites excluding steroid dienone is 4. The summed E-state index contributed by atoms with van der Waals surface area (Å²) in [5, 5.41) is 0. The first-order chi connectivity index (χ1) is 9.06. The van der Waals surface area contributed by atoms with Gasteiger partial charge in [-0.1, -0.05) is 30.2 Å². The molecule has 1 aliphatic carbocycles. The third-order valence-corrected chi connectivity index (χ3v) is 3.71. The lowest BCUT2D eigenvalue weighted by atomic mass is 9.94. The van der Waals surface area contributed by atoms with Crippen molar-refractivity contribution in [1.82, 2.24) is 0 Å². The fourth-order valence-corrected chi connectivity index (χ4v) is 2.39. The summed E-state index contributed by atoms with van der Waals surface area (Å²) in [7, 11) is 1.62. The zero-order valence-electron chi connectivity index (χ0n) is 12.0. The van der Waals surface area contributed by atoms with Crippen molar-refractivity contribution in [1.29, 1.82) is 0 Å². The molecule has 2 nitrogen and oxygen atoms in total. The average molecular weight is 256 g/mol. The third kappa shape index (κ3) is 2.62. The van der Waals surface area contributed by atoms with E-state index in [2.05, 4.69) is 19.9 Å². The van der Waals surface area contributed by atoms with Crippen LogP contribution in [0.1, 0.15) is 49.5 Å². The zero-order valence-corrected chi connectivity index (χ0v) is 12.0. The van der Waals surface area contributed by atoms with Gasteiger partial charge in [-0.2, -0.15) is 0 Å². The Balaban J connectivity index is 2.47. The van der Waals surface area contributed by atoms with Crippen LogP contribution in [-0.4, -0.2) is 12.9 Å². The van der Waals surface area contributed by atoms with Crippen molar-refractivity contribution in [3.05, 3.63) is 46.5 Å². The number of benzene rings is 1. The number of carbonyl (C=O) groups excluding carboxylic acids is 1. The molecule has 0 atom stereocenters. The van der Waals surface area contributed by atoms with Gasteiger partial charge in [0.1, 0.15) is 5.75 Å². The van der Waals surface area contributed by atoms with Gasteiger partial charge in [-0.25, -0.2) is 0 Å². The molecule has 0 spiro atoms. The number of hydrogen-bond donors (Lipinski definition) is 0. The first-order valence-corrected chi connectivity index (χ1v) is 6.65. The second-order valence-corrected chi connectivity index (χ2v) is 5.00. The molecule has 0 saturated carbocycles. The van der Waals surface area contributed by atoms with Gasteiger partial charge in [-0.05, 0) is 43.5 Å². The molecule has 19 heavy (non-hydrogen) atoms. The highest BCUT2D eigenvalue weighted by Gasteiger charge is 2.18. The summed E-state index contributed by atoms with van der Waals surface area (Å²) >= 11 is 0. The molecule has 0 amide bonds. The predicted molar refractivity (Wildman–Crippen MR) is 78.6 cm³/mol. The van der Waals surface area contributed by atoms with E-state index >= 15 is 0 Å². The summed E-state index contributed by atoms with van der Waals surface area (Å²) in [4.78, 5) is 12.1. The summed E-state index contributed by atoms with van der Waals surface area (Å²) in [6.07, 6.45) is 3.63. The number of hydrogen-bond acceptors (Lipinski definition) is 2. The van der Waals surface area contributed by atoms with Crippen molar-refractivity contribution >= 4 is 11.4 Å². The predicted octanol–water partition coefficient (Wildman–Crippen LogP) is 4.41. The molecule has 100 valence electrons. The van der Waals surface area contributed by atoms with E-state index < -0.39 is 0 Å². The second-order valence-electron chi connectivity index (χ2n) is 5.00. The molecule has 1 aromatic carbocycles. The fourth-order valence-electron chi connectivity index (χ4n) is 2.39. The van der Waals surface area contributed by atoms with Crippen LogP contribution in [0.25, 0.3) is 5.57 Å². The molecule has 0 bridgehead atoms. The minimum atomic E-state index is 0.164. The van der Waals surface area contributed by atoms with E-state index in [1.807, 2.05) is 25.1 Å². The number of ketones is 1. The van der Waals surface area contributed by atoms with Crippen molar-refractivity contribution in [2.75, 3.05) is 7.11 Å². The lowest BCUT2D eigenvalue weighted by molar-refractivity contribution is 0.0987. The first-order valence-electron chi connectivity index (χ1n) is 6.65. The van der Waals surface area contributed by atoms with Crippen LogP contribution in [0.15, 0.2) is 35.4 Å². The second kappa shape index (κ2) is 5.43. The number of carbonyl (C=O) groups is 1. The van der Waals surface area contributed by atoms with Gasteiger partial charge in [-0.3, -0.25) is 4.79 Å². The maximum atomic E-state index is 12.1. The minimum Gasteiger partial charge on any atom is -0.497 e. The first kappa shape index (κ1) is 13.6. The van der Waals surface area contributed by atoms with E-state index in [9.17, 15) is 4.79 Å². The zero-order chi connectivity index (χ0) is 14.0. The van der Waals surface area contributed by atoms with E-state index in [-0.39, 0.29) is 5.78 Å². The van der Waals surface area contributed by atoms with Gasteiger partial charge in [0, 0.05) is 12.0 Å². The van der Waals surface area contributed by atoms with Crippen molar-refractivity contribution in [2.45, 2.75) is 33.6 Å². The van der Waals surface area contributed by atoms with Crippen LogP contribution in [0.3, 0.4) is 0 Å². The Kier molecular flexibility index (Phi) is 3.89. The summed E-state index contributed by atoms with van der Waals surface area (Å²) in [5.41, 5.74) is 5.73. The van der Waals surface area contributed by atoms with Crippen molar-refractivity contribution < 1.29 is 9.53 Å². The maximum absolute atomic E-state index is 12.1. The van der Waals surface area contributed by atoms with E-state index in [4.69, 9.17) is 4.74 Å². The Bertz CT molecular complexity index is 577. The normalized spacial score (nSPS) is 14.6. The Hall–Kier alpha value is -1.83. The summed E-state index contributed by atoms with van der Waals surface area (Å²) in [6, 6.07) is 5.77. The van der Waals surface area contributed by atoms with Gasteiger partial charge in [0.2, 0.25) is 0 Å². The number of ether oxygens (including phenoxy) is 1. The molecule has 1 aromatic rings. The summed E-state index contributed by atoms with van der Waals surface area (Å²) in [6.45, 7) is 6.15. The molecule has 0 aromatic heterocycles. The highest BCUT2D eigenvalue weighted by Crippen LogP contribution is 2.35. The third-order valence-electron chi connectivity index (χ3n) is 3.71. The van der Waals surface area contributed by atoms with Crippen LogP contribution in [0.4, 0.5) is 0 Å². The molecule has 0 aliphatic heterocycles. The molecule has 1 aliphatic rings. The van der Waals surface area contributed by atoms with Gasteiger partial charge < -0.3 is 4.74 Å². The molecule has 0 saturated heterocycles. The Labute approximate surface area is 114 Å². The molecular weight excluding hydrogens is 236 g/mol. The molecule has 0 radical (unpaired) electrons. The largest absolute Gasteiger partial charge is 0.497 e. The van der Waals surface area contributed by atoms with Crippen molar-refractivity contribution in [3.8, 4) is 5.75 Å². The summed E-state index contributed by atoms with van der Waals surface area (Å²) < 4.78 is 5.23. The van der Waals surface area contributed by atoms with Crippen LogP contribution in [0.5, 0.6) is 5.75 Å². The van der Waals surface area contributed by atoms with Gasteiger partial charge in [0.15, 0.2) is 5.78 Å². The van der Waals surface area contributed by atoms with Crippen LogP contribution >= 0.6 is 0 Å². The SMILES string of the molecule is CCC(=O)c1cc(OC)ccc1C1=CC(C)=C(C)C1. The van der Waals surface area contributed by atoms with Crippen LogP contribution < -0.4 is 4.74 Å². The molecule has 0 fully saturated rings. The van der Waals surface area contributed by atoms with Crippen molar-refractivity contribution in [2.24, 2.45) is 0 Å². The van der Waals surface area contributed by atoms with E-state index in [0.29, 0.717) is 6.42 Å². The van der Waals surface area contributed by atoms with Gasteiger partial charge >= 0.3 is 0 Å². The van der Waals surface area contributed by atoms with E-state index in [0.717, 1.165) is 23.3 Å². The lowest BCUT2D eigenvalue weighted by Crippen LogP contribution is -2.02. The smallest absolute Gasteiger partial charge is 0.163 e. The van der Waals surface area contributed by atoms with Crippen LogP contribution in [-0.2, 0) is 0 Å². The summed E-state index contributed by atoms with van der Waals surface area (Å²) in [5.74, 6) is 0.901. The Morgan fingerprint density at radius 3 is 2.58 bits per heavy atom. The fraction of sp³-hybridized carbons (Fsp3) is 0.353. The number of Topliss-reactive ketones (excluding diaryl/α,β-unsaturated/α-hetero) is 1. The molecular formula is C17H20O2. The minimum absolute atomic E-state index is 0.164. The monoisotopic (exact) mass is 256 g/mol. The number of methoxy groups -OCH3 is 1. The molecule has 0 heterocycles. The maximum Gasteiger partial charge on any atom is 0.163 e. The average Bonchev–Trinajstić information content (AvgIpc) is 2.77. The highest BCUT2D eigenvalue weighted by atomic mass is 16.5. The Morgan fingerprint density at radius 1 is 1.32 bits per heavy atom. The lowest BCUT2D eigenvalue weighted by Gasteiger charge is -2.11. The van der Waals surface area contributed by atoms with Gasteiger partial charge in [0.05, 0.1) is 7.11 Å². The molecule has 2 rings (SSSR count). The molecule has 0 N–H and O–H groups in total.